The third kappa shape index (κ3) is 2.27. The van der Waals surface area contributed by atoms with Crippen LogP contribution in [-0.2, 0) is 11.2 Å². The van der Waals surface area contributed by atoms with E-state index in [2.05, 4.69) is 6.58 Å². The lowest BCUT2D eigenvalue weighted by atomic mass is 10.2. The van der Waals surface area contributed by atoms with E-state index in [1.165, 1.54) is 11.7 Å². The van der Waals surface area contributed by atoms with Crippen molar-refractivity contribution in [2.75, 3.05) is 7.11 Å². The van der Waals surface area contributed by atoms with Crippen molar-refractivity contribution in [3.63, 3.8) is 0 Å². The highest BCUT2D eigenvalue weighted by molar-refractivity contribution is 6.29. The molecule has 2 rings (SSSR count). The Balaban J connectivity index is 2.67. The van der Waals surface area contributed by atoms with E-state index in [-0.39, 0.29) is 0 Å². The molecule has 0 fully saturated rings. The number of carbonyl (C=O) groups is 1. The molecule has 0 bridgehead atoms. The quantitative estimate of drug-likeness (QED) is 0.824. The van der Waals surface area contributed by atoms with E-state index in [1.54, 1.807) is 0 Å². The lowest BCUT2D eigenvalue weighted by Gasteiger charge is -2.07. The zero-order chi connectivity index (χ0) is 13.3. The molecule has 1 aromatic heterocycles. The van der Waals surface area contributed by atoms with Crippen molar-refractivity contribution in [2.24, 2.45) is 0 Å². The Morgan fingerprint density at radius 3 is 2.78 bits per heavy atom. The van der Waals surface area contributed by atoms with Gasteiger partial charge in [0.25, 0.3) is 0 Å². The van der Waals surface area contributed by atoms with Gasteiger partial charge in [-0.3, -0.25) is 0 Å². The van der Waals surface area contributed by atoms with Gasteiger partial charge in [-0.15, -0.1) is 0 Å². The number of fused-ring (bicyclic) bond motifs is 1. The van der Waals surface area contributed by atoms with Crippen LogP contribution in [0.1, 0.15) is 11.3 Å². The number of hydrogen-bond donors (Lipinski definition) is 0. The predicted molar refractivity (Wildman–Crippen MR) is 73.2 cm³/mol. The molecule has 0 amide bonds. The number of nitrogens with zero attached hydrogens (tertiary/aromatic N) is 1. The zero-order valence-electron chi connectivity index (χ0n) is 10.4. The van der Waals surface area contributed by atoms with Crippen LogP contribution in [0.4, 0.5) is 4.79 Å². The van der Waals surface area contributed by atoms with Gasteiger partial charge in [0.05, 0.1) is 12.6 Å². The number of aryl methyl sites for hydroxylation is 1. The van der Waals surface area contributed by atoms with Crippen molar-refractivity contribution >= 4 is 28.6 Å². The molecule has 0 spiro atoms. The van der Waals surface area contributed by atoms with E-state index in [0.29, 0.717) is 11.5 Å². The number of halogens is 1. The van der Waals surface area contributed by atoms with Crippen molar-refractivity contribution in [1.29, 1.82) is 0 Å². The minimum Gasteiger partial charge on any atom is -0.452 e. The number of hydrogen-bond acceptors (Lipinski definition) is 2. The highest BCUT2D eigenvalue weighted by Crippen LogP contribution is 2.23. The van der Waals surface area contributed by atoms with E-state index < -0.39 is 6.09 Å². The van der Waals surface area contributed by atoms with Crippen LogP contribution in [0.15, 0.2) is 35.9 Å². The van der Waals surface area contributed by atoms with E-state index in [4.69, 9.17) is 16.3 Å². The molecular formula is C14H14ClNO2. The van der Waals surface area contributed by atoms with Crippen molar-refractivity contribution in [3.8, 4) is 0 Å². The fourth-order valence-corrected chi connectivity index (χ4v) is 2.16. The molecule has 1 heterocycles. The Morgan fingerprint density at radius 2 is 2.17 bits per heavy atom. The highest BCUT2D eigenvalue weighted by Gasteiger charge is 2.15. The van der Waals surface area contributed by atoms with Crippen LogP contribution < -0.4 is 0 Å². The molecule has 0 radical (unpaired) electrons. The molecular weight excluding hydrogens is 250 g/mol. The Kier molecular flexibility index (Phi) is 3.43. The molecule has 0 aliphatic rings. The first kappa shape index (κ1) is 12.7. The minimum atomic E-state index is -0.415. The molecule has 0 saturated heterocycles. The fraction of sp³-hybridized carbons (Fsp3) is 0.214. The topological polar surface area (TPSA) is 31.2 Å². The van der Waals surface area contributed by atoms with Gasteiger partial charge in [0, 0.05) is 22.5 Å². The fourth-order valence-electron chi connectivity index (χ4n) is 2.03. The van der Waals surface area contributed by atoms with Gasteiger partial charge in [0.2, 0.25) is 0 Å². The van der Waals surface area contributed by atoms with Crippen molar-refractivity contribution < 1.29 is 9.53 Å². The van der Waals surface area contributed by atoms with Gasteiger partial charge in [0.1, 0.15) is 0 Å². The van der Waals surface area contributed by atoms with Crippen molar-refractivity contribution in [3.05, 3.63) is 47.1 Å². The van der Waals surface area contributed by atoms with Gasteiger partial charge < -0.3 is 4.74 Å². The first-order chi connectivity index (χ1) is 8.52. The predicted octanol–water partition coefficient (Wildman–Crippen LogP) is 3.86. The van der Waals surface area contributed by atoms with Crippen LogP contribution >= 0.6 is 11.6 Å². The number of rotatable bonds is 2. The van der Waals surface area contributed by atoms with E-state index in [1.807, 2.05) is 31.2 Å². The zero-order valence-corrected chi connectivity index (χ0v) is 11.1. The molecule has 3 nitrogen and oxygen atoms in total. The van der Waals surface area contributed by atoms with Crippen molar-refractivity contribution in [2.45, 2.75) is 13.3 Å². The van der Waals surface area contributed by atoms with Gasteiger partial charge in [-0.25, -0.2) is 9.36 Å². The molecule has 0 atom stereocenters. The summed E-state index contributed by atoms with van der Waals surface area (Å²) in [4.78, 5) is 11.8. The molecule has 18 heavy (non-hydrogen) atoms. The second kappa shape index (κ2) is 4.86. The Hall–Kier alpha value is -1.74. The summed E-state index contributed by atoms with van der Waals surface area (Å²) in [5.41, 5.74) is 2.74. The van der Waals surface area contributed by atoms with Gasteiger partial charge in [-0.1, -0.05) is 29.8 Å². The summed E-state index contributed by atoms with van der Waals surface area (Å²) >= 11 is 5.83. The largest absolute Gasteiger partial charge is 0.452 e. The maximum Gasteiger partial charge on any atom is 0.418 e. The van der Waals surface area contributed by atoms with Gasteiger partial charge in [0.15, 0.2) is 0 Å². The Bertz CT molecular complexity index is 628. The molecule has 0 aliphatic carbocycles. The van der Waals surface area contributed by atoms with Crippen LogP contribution in [-0.4, -0.2) is 17.8 Å². The Morgan fingerprint density at radius 1 is 1.44 bits per heavy atom. The van der Waals surface area contributed by atoms with Gasteiger partial charge in [-0.05, 0) is 25.1 Å². The molecule has 94 valence electrons. The first-order valence-corrected chi connectivity index (χ1v) is 5.93. The second-order valence-corrected chi connectivity index (χ2v) is 4.73. The summed E-state index contributed by atoms with van der Waals surface area (Å²) in [6.45, 7) is 5.67. The minimum absolute atomic E-state index is 0.415. The summed E-state index contributed by atoms with van der Waals surface area (Å²) in [6.07, 6.45) is 0.0199. The molecule has 0 N–H and O–H groups in total. The first-order valence-electron chi connectivity index (χ1n) is 5.55. The number of ether oxygens (including phenoxy) is 1. The van der Waals surface area contributed by atoms with Gasteiger partial charge in [-0.2, -0.15) is 0 Å². The summed E-state index contributed by atoms with van der Waals surface area (Å²) in [6, 6.07) is 7.82. The van der Waals surface area contributed by atoms with Crippen LogP contribution in [0, 0.1) is 6.92 Å². The monoisotopic (exact) mass is 263 g/mol. The van der Waals surface area contributed by atoms with E-state index in [9.17, 15) is 4.79 Å². The summed E-state index contributed by atoms with van der Waals surface area (Å²) in [7, 11) is 1.36. The Labute approximate surface area is 111 Å². The van der Waals surface area contributed by atoms with Crippen molar-refractivity contribution in [1.82, 2.24) is 4.57 Å². The third-order valence-corrected chi connectivity index (χ3v) is 2.90. The smallest absolute Gasteiger partial charge is 0.418 e. The number of benzene rings is 1. The lowest BCUT2D eigenvalue weighted by molar-refractivity contribution is 0.173. The summed E-state index contributed by atoms with van der Waals surface area (Å²) < 4.78 is 6.34. The van der Waals surface area contributed by atoms with Gasteiger partial charge >= 0.3 is 6.09 Å². The average molecular weight is 264 g/mol. The van der Waals surface area contributed by atoms with Crippen LogP contribution in [0.25, 0.3) is 10.9 Å². The van der Waals surface area contributed by atoms with Crippen LogP contribution in [0.2, 0.25) is 0 Å². The molecule has 1 aromatic carbocycles. The molecule has 0 aliphatic heterocycles. The SMILES string of the molecule is C=C(Cl)Cc1cc2cc(C)ccc2n1C(=O)OC. The third-order valence-electron chi connectivity index (χ3n) is 2.76. The lowest BCUT2D eigenvalue weighted by Crippen LogP contribution is -2.14. The normalized spacial score (nSPS) is 10.6. The molecule has 4 heteroatoms. The summed E-state index contributed by atoms with van der Waals surface area (Å²) in [5.74, 6) is 0. The number of methoxy groups -OCH3 is 1. The number of allylic oxidation sites excluding steroid dienone is 1. The standard InChI is InChI=1S/C14H14ClNO2/c1-9-4-5-13-11(6-9)8-12(7-10(2)15)16(13)14(17)18-3/h4-6,8H,2,7H2,1,3H3. The van der Waals surface area contributed by atoms with E-state index >= 15 is 0 Å². The molecule has 0 saturated carbocycles. The highest BCUT2D eigenvalue weighted by atomic mass is 35.5. The maximum atomic E-state index is 11.8. The van der Waals surface area contributed by atoms with E-state index in [0.717, 1.165) is 22.2 Å². The summed E-state index contributed by atoms with van der Waals surface area (Å²) in [5, 5.41) is 1.48. The maximum absolute atomic E-state index is 11.8. The molecule has 0 unspecified atom stereocenters. The number of aromatic nitrogens is 1. The molecule has 2 aromatic rings. The number of carbonyl (C=O) groups excluding carboxylic acids is 1. The van der Waals surface area contributed by atoms with Crippen LogP contribution in [0.3, 0.4) is 0 Å². The van der Waals surface area contributed by atoms with Crippen LogP contribution in [0.5, 0.6) is 0 Å². The average Bonchev–Trinajstić information content (AvgIpc) is 2.64. The second-order valence-electron chi connectivity index (χ2n) is 4.20.